The number of aromatic nitrogens is 2. The van der Waals surface area contributed by atoms with Crippen molar-refractivity contribution in [2.24, 2.45) is 0 Å². The summed E-state index contributed by atoms with van der Waals surface area (Å²) >= 11 is 0. The highest BCUT2D eigenvalue weighted by molar-refractivity contribution is 5.94. The third kappa shape index (κ3) is 3.63. The van der Waals surface area contributed by atoms with Crippen molar-refractivity contribution in [1.29, 1.82) is 0 Å². The summed E-state index contributed by atoms with van der Waals surface area (Å²) in [5.41, 5.74) is 2.34. The van der Waals surface area contributed by atoms with Crippen molar-refractivity contribution in [3.63, 3.8) is 0 Å². The second-order valence-corrected chi connectivity index (χ2v) is 5.63. The zero-order valence-electron chi connectivity index (χ0n) is 14.1. The van der Waals surface area contributed by atoms with E-state index < -0.39 is 0 Å². The summed E-state index contributed by atoms with van der Waals surface area (Å²) in [6.45, 7) is 0. The number of hydrogen-bond acceptors (Lipinski definition) is 4. The van der Waals surface area contributed by atoms with Crippen LogP contribution in [0.5, 0.6) is 11.5 Å². The molecule has 0 atom stereocenters. The molecule has 0 fully saturated rings. The SMILES string of the molecule is COc1ccc(-c2cc(N(C)C(=O)Cc3ccccc3O)n[nH]2)cc1. The molecule has 0 aliphatic rings. The number of phenolic OH excluding ortho intramolecular Hbond substituents is 1. The van der Waals surface area contributed by atoms with Crippen LogP contribution in [0.3, 0.4) is 0 Å². The number of ether oxygens (including phenoxy) is 1. The number of rotatable bonds is 5. The molecular formula is C19H19N3O3. The van der Waals surface area contributed by atoms with Gasteiger partial charge in [0.1, 0.15) is 11.5 Å². The number of nitrogens with zero attached hydrogens (tertiary/aromatic N) is 2. The van der Waals surface area contributed by atoms with Crippen molar-refractivity contribution in [2.45, 2.75) is 6.42 Å². The number of para-hydroxylation sites is 1. The maximum Gasteiger partial charge on any atom is 0.232 e. The van der Waals surface area contributed by atoms with E-state index in [1.165, 1.54) is 4.90 Å². The van der Waals surface area contributed by atoms with E-state index in [2.05, 4.69) is 10.2 Å². The largest absolute Gasteiger partial charge is 0.508 e. The number of benzene rings is 2. The Hall–Kier alpha value is -3.28. The van der Waals surface area contributed by atoms with Gasteiger partial charge >= 0.3 is 0 Å². The van der Waals surface area contributed by atoms with Crippen LogP contribution < -0.4 is 9.64 Å². The Balaban J connectivity index is 1.74. The van der Waals surface area contributed by atoms with Gasteiger partial charge in [0.15, 0.2) is 5.82 Å². The number of aromatic amines is 1. The van der Waals surface area contributed by atoms with Crippen molar-refractivity contribution >= 4 is 11.7 Å². The Labute approximate surface area is 145 Å². The van der Waals surface area contributed by atoms with Gasteiger partial charge in [-0.15, -0.1) is 0 Å². The quantitative estimate of drug-likeness (QED) is 0.750. The van der Waals surface area contributed by atoms with E-state index in [-0.39, 0.29) is 18.1 Å². The van der Waals surface area contributed by atoms with Crippen LogP contribution in [-0.4, -0.2) is 35.4 Å². The number of amides is 1. The Morgan fingerprint density at radius 3 is 2.60 bits per heavy atom. The Bertz CT molecular complexity index is 872. The van der Waals surface area contributed by atoms with E-state index in [0.717, 1.165) is 17.0 Å². The first-order valence-electron chi connectivity index (χ1n) is 7.81. The molecule has 0 saturated carbocycles. The van der Waals surface area contributed by atoms with Crippen LogP contribution in [0.15, 0.2) is 54.6 Å². The second kappa shape index (κ2) is 7.09. The van der Waals surface area contributed by atoms with E-state index in [1.807, 2.05) is 30.3 Å². The lowest BCUT2D eigenvalue weighted by Crippen LogP contribution is -2.28. The van der Waals surface area contributed by atoms with Gasteiger partial charge in [-0.3, -0.25) is 14.8 Å². The van der Waals surface area contributed by atoms with Crippen LogP contribution >= 0.6 is 0 Å². The lowest BCUT2D eigenvalue weighted by atomic mass is 10.1. The summed E-state index contributed by atoms with van der Waals surface area (Å²) in [6, 6.07) is 16.2. The molecule has 0 aliphatic carbocycles. The lowest BCUT2D eigenvalue weighted by molar-refractivity contribution is -0.117. The van der Waals surface area contributed by atoms with E-state index in [9.17, 15) is 9.90 Å². The molecular weight excluding hydrogens is 318 g/mol. The minimum Gasteiger partial charge on any atom is -0.508 e. The monoisotopic (exact) mass is 337 g/mol. The zero-order valence-corrected chi connectivity index (χ0v) is 14.1. The van der Waals surface area contributed by atoms with E-state index in [1.54, 1.807) is 38.4 Å². The summed E-state index contributed by atoms with van der Waals surface area (Å²) < 4.78 is 5.15. The molecule has 3 aromatic rings. The number of carbonyl (C=O) groups excluding carboxylic acids is 1. The molecule has 0 bridgehead atoms. The fourth-order valence-corrected chi connectivity index (χ4v) is 2.47. The number of nitrogens with one attached hydrogen (secondary N) is 1. The normalized spacial score (nSPS) is 10.5. The van der Waals surface area contributed by atoms with Gasteiger partial charge in [-0.1, -0.05) is 18.2 Å². The number of aromatic hydroxyl groups is 1. The van der Waals surface area contributed by atoms with Gasteiger partial charge < -0.3 is 9.84 Å². The molecule has 6 nitrogen and oxygen atoms in total. The number of likely N-dealkylation sites (N-methyl/N-ethyl adjacent to an activating group) is 1. The number of hydrogen-bond donors (Lipinski definition) is 2. The van der Waals surface area contributed by atoms with Crippen molar-refractivity contribution in [2.75, 3.05) is 19.1 Å². The number of anilines is 1. The Kier molecular flexibility index (Phi) is 4.70. The fourth-order valence-electron chi connectivity index (χ4n) is 2.47. The van der Waals surface area contributed by atoms with Gasteiger partial charge in [-0.25, -0.2) is 0 Å². The van der Waals surface area contributed by atoms with Gasteiger partial charge in [-0.2, -0.15) is 5.10 Å². The molecule has 3 rings (SSSR count). The Morgan fingerprint density at radius 2 is 1.92 bits per heavy atom. The topological polar surface area (TPSA) is 78.4 Å². The zero-order chi connectivity index (χ0) is 17.8. The summed E-state index contributed by atoms with van der Waals surface area (Å²) in [6.07, 6.45) is 0.105. The summed E-state index contributed by atoms with van der Waals surface area (Å²) in [4.78, 5) is 13.9. The average molecular weight is 337 g/mol. The molecule has 0 unspecified atom stereocenters. The first-order valence-corrected chi connectivity index (χ1v) is 7.81. The first-order chi connectivity index (χ1) is 12.1. The molecule has 1 amide bonds. The number of methoxy groups -OCH3 is 1. The minimum atomic E-state index is -0.158. The maximum absolute atomic E-state index is 12.4. The number of phenols is 1. The van der Waals surface area contributed by atoms with Crippen LogP contribution in [0.2, 0.25) is 0 Å². The lowest BCUT2D eigenvalue weighted by Gasteiger charge is -2.14. The third-order valence-corrected chi connectivity index (χ3v) is 4.02. The highest BCUT2D eigenvalue weighted by Gasteiger charge is 2.16. The van der Waals surface area contributed by atoms with Gasteiger partial charge in [-0.05, 0) is 35.9 Å². The fraction of sp³-hybridized carbons (Fsp3) is 0.158. The third-order valence-electron chi connectivity index (χ3n) is 4.02. The van der Waals surface area contributed by atoms with E-state index in [4.69, 9.17) is 4.74 Å². The van der Waals surface area contributed by atoms with Gasteiger partial charge in [0.25, 0.3) is 0 Å². The van der Waals surface area contributed by atoms with E-state index >= 15 is 0 Å². The molecule has 1 heterocycles. The molecule has 1 aromatic heterocycles. The number of carbonyl (C=O) groups is 1. The summed E-state index contributed by atoms with van der Waals surface area (Å²) in [7, 11) is 3.28. The smallest absolute Gasteiger partial charge is 0.232 e. The summed E-state index contributed by atoms with van der Waals surface area (Å²) in [5, 5.41) is 16.9. The predicted molar refractivity (Wildman–Crippen MR) is 95.8 cm³/mol. The van der Waals surface area contributed by atoms with Crippen LogP contribution in [0.4, 0.5) is 5.82 Å². The minimum absolute atomic E-state index is 0.105. The molecule has 0 saturated heterocycles. The molecule has 6 heteroatoms. The molecule has 2 N–H and O–H groups in total. The van der Waals surface area contributed by atoms with Crippen LogP contribution in [0.25, 0.3) is 11.3 Å². The van der Waals surface area contributed by atoms with Crippen LogP contribution in [-0.2, 0) is 11.2 Å². The second-order valence-electron chi connectivity index (χ2n) is 5.63. The standard InChI is InChI=1S/C19H19N3O3/c1-22(19(24)11-14-5-3-4-6-17(14)23)18-12-16(20-21-18)13-7-9-15(25-2)10-8-13/h3-10,12,23H,11H2,1-2H3,(H,20,21). The molecule has 128 valence electrons. The van der Waals surface area contributed by atoms with Crippen LogP contribution in [0.1, 0.15) is 5.56 Å². The summed E-state index contributed by atoms with van der Waals surface area (Å²) in [5.74, 6) is 1.25. The van der Waals surface area contributed by atoms with E-state index in [0.29, 0.717) is 11.4 Å². The van der Waals surface area contributed by atoms with Gasteiger partial charge in [0, 0.05) is 18.7 Å². The molecule has 0 aliphatic heterocycles. The molecule has 0 radical (unpaired) electrons. The van der Waals surface area contributed by atoms with Crippen molar-refractivity contribution < 1.29 is 14.6 Å². The highest BCUT2D eigenvalue weighted by Crippen LogP contribution is 2.24. The Morgan fingerprint density at radius 1 is 1.20 bits per heavy atom. The van der Waals surface area contributed by atoms with Gasteiger partial charge in [0.2, 0.25) is 5.91 Å². The molecule has 25 heavy (non-hydrogen) atoms. The molecule has 0 spiro atoms. The first kappa shape index (κ1) is 16.6. The number of H-pyrrole nitrogens is 1. The predicted octanol–water partition coefficient (Wildman–Crippen LogP) is 3.00. The van der Waals surface area contributed by atoms with Gasteiger partial charge in [0.05, 0.1) is 19.2 Å². The maximum atomic E-state index is 12.4. The van der Waals surface area contributed by atoms with Crippen molar-refractivity contribution in [3.8, 4) is 22.8 Å². The van der Waals surface area contributed by atoms with Crippen LogP contribution in [0, 0.1) is 0 Å². The van der Waals surface area contributed by atoms with Crippen molar-refractivity contribution in [3.05, 3.63) is 60.2 Å². The van der Waals surface area contributed by atoms with Crippen molar-refractivity contribution in [1.82, 2.24) is 10.2 Å². The molecule has 2 aromatic carbocycles. The highest BCUT2D eigenvalue weighted by atomic mass is 16.5. The average Bonchev–Trinajstić information content (AvgIpc) is 3.13.